The van der Waals surface area contributed by atoms with Crippen LogP contribution in [0.5, 0.6) is 5.75 Å². The molecule has 4 heteroatoms. The first kappa shape index (κ1) is 13.4. The van der Waals surface area contributed by atoms with Crippen LogP contribution in [-0.2, 0) is 0 Å². The minimum absolute atomic E-state index is 0.0285. The number of nitrogens with zero attached hydrogens (tertiary/aromatic N) is 1. The first-order valence-corrected chi connectivity index (χ1v) is 7.12. The van der Waals surface area contributed by atoms with Crippen LogP contribution in [0.4, 0.5) is 0 Å². The van der Waals surface area contributed by atoms with Gasteiger partial charge in [0.2, 0.25) is 0 Å². The van der Waals surface area contributed by atoms with Crippen LogP contribution in [0, 0.1) is 11.3 Å². The first-order valence-electron chi connectivity index (χ1n) is 6.32. The Balaban J connectivity index is 2.15. The highest BCUT2D eigenvalue weighted by atomic mass is 79.9. The minimum Gasteiger partial charge on any atom is -0.487 e. The molecule has 0 radical (unpaired) electrons. The van der Waals surface area contributed by atoms with Crippen molar-refractivity contribution in [1.82, 2.24) is 0 Å². The van der Waals surface area contributed by atoms with Crippen molar-refractivity contribution in [1.29, 1.82) is 5.26 Å². The normalized spacial score (nSPS) is 24.1. The summed E-state index contributed by atoms with van der Waals surface area (Å²) < 4.78 is 6.84. The standard InChI is InChI=1S/C14H17BrN2O/c15-11-6-7-13(10(8-11)9-16)18-14-5-3-1-2-4-12(14)17/h6-8,12,14H,1-5,17H2. The Labute approximate surface area is 116 Å². The lowest BCUT2D eigenvalue weighted by Gasteiger charge is -2.23. The molecule has 1 aromatic rings. The quantitative estimate of drug-likeness (QED) is 0.852. The number of hydrogen-bond donors (Lipinski definition) is 1. The fourth-order valence-corrected chi connectivity index (χ4v) is 2.67. The molecule has 1 aliphatic carbocycles. The average molecular weight is 309 g/mol. The van der Waals surface area contributed by atoms with Gasteiger partial charge in [0.15, 0.2) is 0 Å². The summed E-state index contributed by atoms with van der Waals surface area (Å²) in [5.74, 6) is 0.642. The Morgan fingerprint density at radius 1 is 1.28 bits per heavy atom. The van der Waals surface area contributed by atoms with Crippen molar-refractivity contribution >= 4 is 15.9 Å². The van der Waals surface area contributed by atoms with E-state index in [4.69, 9.17) is 15.7 Å². The van der Waals surface area contributed by atoms with Crippen LogP contribution in [-0.4, -0.2) is 12.1 Å². The van der Waals surface area contributed by atoms with Gasteiger partial charge in [-0.1, -0.05) is 28.8 Å². The molecule has 2 rings (SSSR count). The van der Waals surface area contributed by atoms with Gasteiger partial charge in [0.25, 0.3) is 0 Å². The van der Waals surface area contributed by atoms with Crippen molar-refractivity contribution in [3.63, 3.8) is 0 Å². The molecule has 1 fully saturated rings. The van der Waals surface area contributed by atoms with Crippen LogP contribution in [0.25, 0.3) is 0 Å². The molecule has 18 heavy (non-hydrogen) atoms. The van der Waals surface area contributed by atoms with Crippen molar-refractivity contribution in [2.24, 2.45) is 5.73 Å². The predicted octanol–water partition coefficient (Wildman–Crippen LogP) is 3.36. The van der Waals surface area contributed by atoms with E-state index in [0.29, 0.717) is 11.3 Å². The molecular weight excluding hydrogens is 292 g/mol. The smallest absolute Gasteiger partial charge is 0.137 e. The average Bonchev–Trinajstić information content (AvgIpc) is 2.57. The largest absolute Gasteiger partial charge is 0.487 e. The molecule has 2 N–H and O–H groups in total. The van der Waals surface area contributed by atoms with Crippen LogP contribution >= 0.6 is 15.9 Å². The van der Waals surface area contributed by atoms with Crippen LogP contribution in [0.2, 0.25) is 0 Å². The SMILES string of the molecule is N#Cc1cc(Br)ccc1OC1CCCCCC1N. The lowest BCUT2D eigenvalue weighted by atomic mass is 10.1. The van der Waals surface area contributed by atoms with Gasteiger partial charge in [0.05, 0.1) is 5.56 Å². The number of nitriles is 1. The Morgan fingerprint density at radius 2 is 2.06 bits per heavy atom. The number of rotatable bonds is 2. The van der Waals surface area contributed by atoms with Crippen molar-refractivity contribution in [3.05, 3.63) is 28.2 Å². The molecule has 96 valence electrons. The zero-order chi connectivity index (χ0) is 13.0. The second-order valence-corrected chi connectivity index (χ2v) is 5.63. The Bertz CT molecular complexity index is 456. The van der Waals surface area contributed by atoms with E-state index in [1.54, 1.807) is 6.07 Å². The number of halogens is 1. The van der Waals surface area contributed by atoms with Crippen molar-refractivity contribution in [2.75, 3.05) is 0 Å². The molecule has 0 saturated heterocycles. The lowest BCUT2D eigenvalue weighted by Crippen LogP contribution is -2.38. The van der Waals surface area contributed by atoms with Gasteiger partial charge in [-0.15, -0.1) is 0 Å². The van der Waals surface area contributed by atoms with Gasteiger partial charge in [0.1, 0.15) is 17.9 Å². The van der Waals surface area contributed by atoms with E-state index < -0.39 is 0 Å². The topological polar surface area (TPSA) is 59.0 Å². The van der Waals surface area contributed by atoms with Gasteiger partial charge in [-0.3, -0.25) is 0 Å². The van der Waals surface area contributed by atoms with Crippen LogP contribution in [0.15, 0.2) is 22.7 Å². The van der Waals surface area contributed by atoms with E-state index in [2.05, 4.69) is 22.0 Å². The highest BCUT2D eigenvalue weighted by molar-refractivity contribution is 9.10. The van der Waals surface area contributed by atoms with E-state index in [-0.39, 0.29) is 12.1 Å². The third kappa shape index (κ3) is 3.24. The third-order valence-corrected chi connectivity index (χ3v) is 3.84. The maximum atomic E-state index is 9.11. The van der Waals surface area contributed by atoms with Crippen LogP contribution < -0.4 is 10.5 Å². The number of hydrogen-bond acceptors (Lipinski definition) is 3. The Kier molecular flexibility index (Phi) is 4.62. The van der Waals surface area contributed by atoms with Crippen LogP contribution in [0.1, 0.15) is 37.7 Å². The summed E-state index contributed by atoms with van der Waals surface area (Å²) in [6.45, 7) is 0. The molecule has 0 aromatic heterocycles. The van der Waals surface area contributed by atoms with Gasteiger partial charge in [-0.2, -0.15) is 5.26 Å². The van der Waals surface area contributed by atoms with Crippen molar-refractivity contribution in [2.45, 2.75) is 44.2 Å². The zero-order valence-corrected chi connectivity index (χ0v) is 11.8. The monoisotopic (exact) mass is 308 g/mol. The van der Waals surface area contributed by atoms with Gasteiger partial charge in [-0.25, -0.2) is 0 Å². The lowest BCUT2D eigenvalue weighted by molar-refractivity contribution is 0.162. The molecule has 0 amide bonds. The highest BCUT2D eigenvalue weighted by Crippen LogP contribution is 2.27. The van der Waals surface area contributed by atoms with Gasteiger partial charge >= 0.3 is 0 Å². The maximum absolute atomic E-state index is 9.11. The summed E-state index contributed by atoms with van der Waals surface area (Å²) >= 11 is 3.36. The summed E-state index contributed by atoms with van der Waals surface area (Å²) in [6, 6.07) is 7.73. The molecule has 0 aliphatic heterocycles. The second kappa shape index (κ2) is 6.21. The fraction of sp³-hybridized carbons (Fsp3) is 0.500. The number of nitrogens with two attached hydrogens (primary N) is 1. The number of benzene rings is 1. The predicted molar refractivity (Wildman–Crippen MR) is 74.3 cm³/mol. The number of ether oxygens (including phenoxy) is 1. The summed E-state index contributed by atoms with van der Waals surface area (Å²) in [5, 5.41) is 9.11. The van der Waals surface area contributed by atoms with Gasteiger partial charge in [-0.05, 0) is 37.5 Å². The van der Waals surface area contributed by atoms with Gasteiger partial charge < -0.3 is 10.5 Å². The summed E-state index contributed by atoms with van der Waals surface area (Å²) in [7, 11) is 0. The molecule has 2 unspecified atom stereocenters. The third-order valence-electron chi connectivity index (χ3n) is 3.34. The molecule has 0 bridgehead atoms. The van der Waals surface area contributed by atoms with E-state index >= 15 is 0 Å². The van der Waals surface area contributed by atoms with E-state index in [1.165, 1.54) is 12.8 Å². The highest BCUT2D eigenvalue weighted by Gasteiger charge is 2.22. The summed E-state index contributed by atoms with van der Waals surface area (Å²) in [6.07, 6.45) is 5.55. The van der Waals surface area contributed by atoms with Crippen LogP contribution in [0.3, 0.4) is 0 Å². The maximum Gasteiger partial charge on any atom is 0.137 e. The molecule has 0 spiro atoms. The van der Waals surface area contributed by atoms with Crippen molar-refractivity contribution < 1.29 is 4.74 Å². The van der Waals surface area contributed by atoms with E-state index in [1.807, 2.05) is 12.1 Å². The molecular formula is C14H17BrN2O. The molecule has 1 aliphatic rings. The van der Waals surface area contributed by atoms with Gasteiger partial charge in [0, 0.05) is 10.5 Å². The molecule has 1 saturated carbocycles. The zero-order valence-electron chi connectivity index (χ0n) is 10.2. The van der Waals surface area contributed by atoms with E-state index in [9.17, 15) is 0 Å². The molecule has 3 nitrogen and oxygen atoms in total. The first-order chi connectivity index (χ1) is 8.70. The molecule has 2 atom stereocenters. The molecule has 0 heterocycles. The Morgan fingerprint density at radius 3 is 2.83 bits per heavy atom. The minimum atomic E-state index is 0.0285. The molecule has 1 aromatic carbocycles. The summed E-state index contributed by atoms with van der Waals surface area (Å²) in [5.41, 5.74) is 6.69. The van der Waals surface area contributed by atoms with E-state index in [0.717, 1.165) is 23.7 Å². The fourth-order valence-electron chi connectivity index (χ4n) is 2.30. The second-order valence-electron chi connectivity index (χ2n) is 4.71. The Hall–Kier alpha value is -1.05. The summed E-state index contributed by atoms with van der Waals surface area (Å²) in [4.78, 5) is 0. The van der Waals surface area contributed by atoms with Crippen molar-refractivity contribution in [3.8, 4) is 11.8 Å².